The molecule has 1 aliphatic rings. The van der Waals surface area contributed by atoms with Crippen LogP contribution in [0, 0.1) is 0 Å². The lowest BCUT2D eigenvalue weighted by atomic mass is 9.98. The number of carbonyl (C=O) groups is 1. The van der Waals surface area contributed by atoms with Crippen molar-refractivity contribution < 1.29 is 50.0 Å². The van der Waals surface area contributed by atoms with Gasteiger partial charge in [-0.2, -0.15) is 0 Å². The molecule has 8 N–H and O–H groups in total. The van der Waals surface area contributed by atoms with Gasteiger partial charge in [0.15, 0.2) is 6.29 Å². The standard InChI is InChI=1S/C55H103NO10/c1-3-5-7-9-11-13-15-17-18-19-20-21-22-23-24-25-26-27-28-29-31-33-35-37-39-41-43-48(59)54(64)56-46(45-65-55-53(63)52(62)51(61)49(44-57)66-55)50(60)47(58)42-40-38-36-34-32-30-16-14-12-10-8-6-4-2/h20-21,23-24,34,36,46-53,55,57-63H,3-19,22,25-33,35,37-45H2,1-2H3,(H,56,64)/b21-20-,24-23-,36-34+. The Morgan fingerprint density at radius 1 is 0.530 bits per heavy atom. The summed E-state index contributed by atoms with van der Waals surface area (Å²) in [6.07, 6.45) is 42.0. The number of amides is 1. The van der Waals surface area contributed by atoms with Gasteiger partial charge in [0.1, 0.15) is 36.6 Å². The summed E-state index contributed by atoms with van der Waals surface area (Å²) in [5.74, 6) is -0.709. The Morgan fingerprint density at radius 2 is 0.939 bits per heavy atom. The highest BCUT2D eigenvalue weighted by atomic mass is 16.7. The number of carbonyl (C=O) groups excluding carboxylic acids is 1. The van der Waals surface area contributed by atoms with Crippen LogP contribution < -0.4 is 5.32 Å². The van der Waals surface area contributed by atoms with Gasteiger partial charge in [-0.3, -0.25) is 4.79 Å². The summed E-state index contributed by atoms with van der Waals surface area (Å²) in [5, 5.41) is 75.9. The van der Waals surface area contributed by atoms with Crippen LogP contribution in [0.5, 0.6) is 0 Å². The lowest BCUT2D eigenvalue weighted by molar-refractivity contribution is -0.303. The molecular weight excluding hydrogens is 835 g/mol. The van der Waals surface area contributed by atoms with Crippen LogP contribution in [-0.2, 0) is 14.3 Å². The van der Waals surface area contributed by atoms with Crippen molar-refractivity contribution in [2.24, 2.45) is 0 Å². The predicted octanol–water partition coefficient (Wildman–Crippen LogP) is 10.7. The highest BCUT2D eigenvalue weighted by Crippen LogP contribution is 2.23. The van der Waals surface area contributed by atoms with E-state index in [1.807, 2.05) is 0 Å². The van der Waals surface area contributed by atoms with E-state index in [-0.39, 0.29) is 12.8 Å². The highest BCUT2D eigenvalue weighted by molar-refractivity contribution is 5.80. The molecule has 1 amide bonds. The molecule has 0 aromatic heterocycles. The molecule has 388 valence electrons. The normalized spacial score (nSPS) is 21.0. The van der Waals surface area contributed by atoms with Gasteiger partial charge in [-0.15, -0.1) is 0 Å². The summed E-state index contributed by atoms with van der Waals surface area (Å²) in [6.45, 7) is 3.43. The Kier molecular flexibility index (Phi) is 42.1. The average molecular weight is 938 g/mol. The molecule has 11 heteroatoms. The minimum atomic E-state index is -1.67. The first-order valence-electron chi connectivity index (χ1n) is 27.4. The number of hydrogen-bond acceptors (Lipinski definition) is 10. The van der Waals surface area contributed by atoms with Crippen LogP contribution in [0.15, 0.2) is 36.5 Å². The maximum atomic E-state index is 13.1. The monoisotopic (exact) mass is 938 g/mol. The van der Waals surface area contributed by atoms with E-state index < -0.39 is 74.2 Å². The van der Waals surface area contributed by atoms with Crippen molar-refractivity contribution in [3.63, 3.8) is 0 Å². The lowest BCUT2D eigenvalue weighted by Crippen LogP contribution is -2.60. The molecule has 9 atom stereocenters. The quantitative estimate of drug-likeness (QED) is 0.0215. The second-order valence-electron chi connectivity index (χ2n) is 19.3. The Hall–Kier alpha value is -1.67. The van der Waals surface area contributed by atoms with E-state index in [1.54, 1.807) is 0 Å². The van der Waals surface area contributed by atoms with E-state index in [0.717, 1.165) is 51.4 Å². The van der Waals surface area contributed by atoms with Crippen molar-refractivity contribution >= 4 is 5.91 Å². The second-order valence-corrected chi connectivity index (χ2v) is 19.3. The predicted molar refractivity (Wildman–Crippen MR) is 270 cm³/mol. The van der Waals surface area contributed by atoms with Gasteiger partial charge in [0.2, 0.25) is 5.91 Å². The van der Waals surface area contributed by atoms with Crippen molar-refractivity contribution in [1.82, 2.24) is 5.32 Å². The van der Waals surface area contributed by atoms with Gasteiger partial charge in [0.25, 0.3) is 0 Å². The fraction of sp³-hybridized carbons (Fsp3) is 0.873. The van der Waals surface area contributed by atoms with Crippen molar-refractivity contribution in [3.05, 3.63) is 36.5 Å². The molecule has 0 bridgehead atoms. The Balaban J connectivity index is 2.31. The average Bonchev–Trinajstić information content (AvgIpc) is 3.32. The van der Waals surface area contributed by atoms with Gasteiger partial charge >= 0.3 is 0 Å². The smallest absolute Gasteiger partial charge is 0.249 e. The minimum absolute atomic E-state index is 0.250. The SMILES string of the molecule is CCCCCCCCCC/C=C/CCCC(O)C(O)C(COC1OC(CO)C(O)C(O)C1O)NC(=O)C(O)CCCCCCCCCCCC/C=C\C/C=C\CCCCCCCCCCC. The minimum Gasteiger partial charge on any atom is -0.394 e. The molecule has 0 aliphatic carbocycles. The number of unbranched alkanes of at least 4 members (excludes halogenated alkanes) is 28. The van der Waals surface area contributed by atoms with Crippen LogP contribution in [0.25, 0.3) is 0 Å². The van der Waals surface area contributed by atoms with Crippen molar-refractivity contribution in [2.45, 2.75) is 294 Å². The molecule has 0 saturated carbocycles. The van der Waals surface area contributed by atoms with Crippen LogP contribution >= 0.6 is 0 Å². The van der Waals surface area contributed by atoms with Crippen molar-refractivity contribution in [2.75, 3.05) is 13.2 Å². The molecular formula is C55H103NO10. The Labute approximate surface area is 403 Å². The van der Waals surface area contributed by atoms with E-state index in [1.165, 1.54) is 148 Å². The Bertz CT molecular complexity index is 1170. The van der Waals surface area contributed by atoms with Crippen LogP contribution in [0.4, 0.5) is 0 Å². The number of aliphatic hydroxyl groups excluding tert-OH is 7. The van der Waals surface area contributed by atoms with Crippen molar-refractivity contribution in [3.8, 4) is 0 Å². The fourth-order valence-corrected chi connectivity index (χ4v) is 8.65. The summed E-state index contributed by atoms with van der Waals surface area (Å²) < 4.78 is 11.1. The Morgan fingerprint density at radius 3 is 1.39 bits per heavy atom. The summed E-state index contributed by atoms with van der Waals surface area (Å²) in [6, 6.07) is -1.19. The number of nitrogens with one attached hydrogen (secondary N) is 1. The number of allylic oxidation sites excluding steroid dienone is 6. The zero-order valence-corrected chi connectivity index (χ0v) is 42.2. The summed E-state index contributed by atoms with van der Waals surface area (Å²) >= 11 is 0. The van der Waals surface area contributed by atoms with E-state index in [0.29, 0.717) is 12.8 Å². The summed E-state index contributed by atoms with van der Waals surface area (Å²) in [7, 11) is 0. The van der Waals surface area contributed by atoms with Gasteiger partial charge < -0.3 is 50.5 Å². The summed E-state index contributed by atoms with van der Waals surface area (Å²) in [4.78, 5) is 13.1. The molecule has 9 unspecified atom stereocenters. The number of aliphatic hydroxyl groups is 7. The van der Waals surface area contributed by atoms with E-state index in [2.05, 4.69) is 55.6 Å². The van der Waals surface area contributed by atoms with E-state index in [9.17, 15) is 40.5 Å². The molecule has 1 saturated heterocycles. The number of hydrogen-bond donors (Lipinski definition) is 8. The van der Waals surface area contributed by atoms with Gasteiger partial charge in [-0.25, -0.2) is 0 Å². The molecule has 66 heavy (non-hydrogen) atoms. The molecule has 1 fully saturated rings. The summed E-state index contributed by atoms with van der Waals surface area (Å²) in [5.41, 5.74) is 0. The zero-order valence-electron chi connectivity index (χ0n) is 42.2. The van der Waals surface area contributed by atoms with Gasteiger partial charge in [-0.1, -0.05) is 204 Å². The van der Waals surface area contributed by atoms with E-state index >= 15 is 0 Å². The van der Waals surface area contributed by atoms with Gasteiger partial charge in [0, 0.05) is 0 Å². The van der Waals surface area contributed by atoms with Crippen LogP contribution in [0.1, 0.15) is 239 Å². The lowest BCUT2D eigenvalue weighted by Gasteiger charge is -2.40. The second kappa shape index (κ2) is 44.5. The largest absolute Gasteiger partial charge is 0.394 e. The third kappa shape index (κ3) is 33.0. The molecule has 0 aromatic carbocycles. The topological polar surface area (TPSA) is 189 Å². The van der Waals surface area contributed by atoms with Gasteiger partial charge in [-0.05, 0) is 70.6 Å². The molecule has 1 aliphatic heterocycles. The number of rotatable bonds is 46. The molecule has 11 nitrogen and oxygen atoms in total. The fourth-order valence-electron chi connectivity index (χ4n) is 8.65. The number of ether oxygens (including phenoxy) is 2. The van der Waals surface area contributed by atoms with E-state index in [4.69, 9.17) is 9.47 Å². The molecule has 0 aromatic rings. The van der Waals surface area contributed by atoms with Crippen LogP contribution in [0.3, 0.4) is 0 Å². The van der Waals surface area contributed by atoms with Crippen LogP contribution in [0.2, 0.25) is 0 Å². The third-order valence-electron chi connectivity index (χ3n) is 13.2. The maximum Gasteiger partial charge on any atom is 0.249 e. The maximum absolute atomic E-state index is 13.1. The first kappa shape index (κ1) is 62.3. The highest BCUT2D eigenvalue weighted by Gasteiger charge is 2.44. The third-order valence-corrected chi connectivity index (χ3v) is 13.2. The molecule has 0 spiro atoms. The van der Waals surface area contributed by atoms with Crippen LogP contribution in [-0.4, -0.2) is 110 Å². The molecule has 1 rings (SSSR count). The molecule has 1 heterocycles. The zero-order chi connectivity index (χ0) is 48.3. The first-order valence-corrected chi connectivity index (χ1v) is 27.4. The van der Waals surface area contributed by atoms with Gasteiger partial charge in [0.05, 0.1) is 25.4 Å². The van der Waals surface area contributed by atoms with Crippen molar-refractivity contribution in [1.29, 1.82) is 0 Å². The first-order chi connectivity index (χ1) is 32.2. The molecule has 0 radical (unpaired) electrons.